The largest absolute Gasteiger partial charge is 0.395 e. The molecule has 4 heteroatoms. The van der Waals surface area contributed by atoms with Crippen LogP contribution in [0.25, 0.3) is 0 Å². The molecule has 0 aromatic rings. The van der Waals surface area contributed by atoms with E-state index >= 15 is 0 Å². The van der Waals surface area contributed by atoms with Crippen molar-refractivity contribution in [2.24, 2.45) is 5.92 Å². The van der Waals surface area contributed by atoms with E-state index in [1.165, 1.54) is 0 Å². The summed E-state index contributed by atoms with van der Waals surface area (Å²) in [5.41, 5.74) is 0. The predicted octanol–water partition coefficient (Wildman–Crippen LogP) is -0.133. The van der Waals surface area contributed by atoms with Gasteiger partial charge in [0.05, 0.1) is 24.9 Å². The SMILES string of the molecule is CC(C)CCC[C@@H]1N[C@@H](CO)[C@H](O)[C@H]1O. The maximum atomic E-state index is 9.70. The zero-order valence-electron chi connectivity index (χ0n) is 9.56. The zero-order valence-corrected chi connectivity index (χ0v) is 9.56. The molecule has 1 aliphatic heterocycles. The van der Waals surface area contributed by atoms with Crippen molar-refractivity contribution in [1.29, 1.82) is 0 Å². The Bertz CT molecular complexity index is 187. The summed E-state index contributed by atoms with van der Waals surface area (Å²) < 4.78 is 0. The van der Waals surface area contributed by atoms with Crippen LogP contribution in [0.3, 0.4) is 0 Å². The second-order valence-electron chi connectivity index (χ2n) is 4.87. The van der Waals surface area contributed by atoms with Crippen LogP contribution in [0, 0.1) is 5.92 Å². The number of aliphatic hydroxyl groups is 3. The lowest BCUT2D eigenvalue weighted by Crippen LogP contribution is -2.36. The Morgan fingerprint density at radius 3 is 2.20 bits per heavy atom. The van der Waals surface area contributed by atoms with Gasteiger partial charge in [0.2, 0.25) is 0 Å². The molecule has 1 saturated heterocycles. The summed E-state index contributed by atoms with van der Waals surface area (Å²) >= 11 is 0. The Labute approximate surface area is 91.3 Å². The highest BCUT2D eigenvalue weighted by atomic mass is 16.3. The third kappa shape index (κ3) is 3.41. The molecular formula is C11H23NO3. The summed E-state index contributed by atoms with van der Waals surface area (Å²) in [6.07, 6.45) is 1.45. The van der Waals surface area contributed by atoms with Crippen molar-refractivity contribution in [2.45, 2.75) is 57.4 Å². The van der Waals surface area contributed by atoms with Gasteiger partial charge in [-0.25, -0.2) is 0 Å². The highest BCUT2D eigenvalue weighted by molar-refractivity contribution is 4.97. The summed E-state index contributed by atoms with van der Waals surface area (Å²) in [4.78, 5) is 0. The standard InChI is InChI=1S/C11H23NO3/c1-7(2)4-3-5-8-10(14)11(15)9(6-13)12-8/h7-15H,3-6H2,1-2H3/t8-,9-,10-,11-/m0/s1. The topological polar surface area (TPSA) is 72.7 Å². The van der Waals surface area contributed by atoms with Gasteiger partial charge < -0.3 is 20.6 Å². The summed E-state index contributed by atoms with van der Waals surface area (Å²) in [5, 5.41) is 31.3. The fourth-order valence-corrected chi connectivity index (χ4v) is 2.11. The number of hydrogen-bond donors (Lipinski definition) is 4. The van der Waals surface area contributed by atoms with Gasteiger partial charge in [0.15, 0.2) is 0 Å². The second-order valence-corrected chi connectivity index (χ2v) is 4.87. The summed E-state index contributed by atoms with van der Waals surface area (Å²) in [7, 11) is 0. The van der Waals surface area contributed by atoms with E-state index in [-0.39, 0.29) is 18.7 Å². The number of rotatable bonds is 5. The maximum absolute atomic E-state index is 9.70. The van der Waals surface area contributed by atoms with Crippen molar-refractivity contribution in [2.75, 3.05) is 6.61 Å². The molecule has 15 heavy (non-hydrogen) atoms. The zero-order chi connectivity index (χ0) is 11.4. The molecule has 0 saturated carbocycles. The highest BCUT2D eigenvalue weighted by Gasteiger charge is 2.39. The molecule has 0 bridgehead atoms. The fourth-order valence-electron chi connectivity index (χ4n) is 2.11. The van der Waals surface area contributed by atoms with Gasteiger partial charge in [0.1, 0.15) is 0 Å². The summed E-state index contributed by atoms with van der Waals surface area (Å²) in [6, 6.07) is -0.444. The van der Waals surface area contributed by atoms with Crippen LogP contribution in [0.4, 0.5) is 0 Å². The summed E-state index contributed by atoms with van der Waals surface area (Å²) in [6.45, 7) is 4.21. The van der Waals surface area contributed by atoms with Gasteiger partial charge in [-0.1, -0.05) is 26.7 Å². The minimum atomic E-state index is -0.834. The molecule has 1 aliphatic rings. The van der Waals surface area contributed by atoms with E-state index in [2.05, 4.69) is 19.2 Å². The van der Waals surface area contributed by atoms with Crippen LogP contribution in [-0.2, 0) is 0 Å². The lowest BCUT2D eigenvalue weighted by Gasteiger charge is -2.16. The first-order valence-electron chi connectivity index (χ1n) is 5.79. The average Bonchev–Trinajstić information content (AvgIpc) is 2.45. The first-order chi connectivity index (χ1) is 7.06. The van der Waals surface area contributed by atoms with E-state index in [0.29, 0.717) is 5.92 Å². The molecule has 0 aromatic heterocycles. The molecule has 1 rings (SSSR count). The smallest absolute Gasteiger partial charge is 0.0989 e. The first kappa shape index (κ1) is 12.9. The Hall–Kier alpha value is -0.160. The number of hydrogen-bond acceptors (Lipinski definition) is 4. The van der Waals surface area contributed by atoms with Crippen LogP contribution in [0.15, 0.2) is 0 Å². The predicted molar refractivity (Wildman–Crippen MR) is 58.5 cm³/mol. The quantitative estimate of drug-likeness (QED) is 0.517. The van der Waals surface area contributed by atoms with Gasteiger partial charge in [-0.05, 0) is 12.3 Å². The van der Waals surface area contributed by atoms with Crippen LogP contribution in [0.2, 0.25) is 0 Å². The van der Waals surface area contributed by atoms with Gasteiger partial charge in [-0.3, -0.25) is 0 Å². The lowest BCUT2D eigenvalue weighted by molar-refractivity contribution is 0.0185. The van der Waals surface area contributed by atoms with Crippen LogP contribution in [-0.4, -0.2) is 46.2 Å². The number of aliphatic hydroxyl groups excluding tert-OH is 3. The second kappa shape index (κ2) is 5.80. The maximum Gasteiger partial charge on any atom is 0.0989 e. The van der Waals surface area contributed by atoms with Gasteiger partial charge >= 0.3 is 0 Å². The van der Waals surface area contributed by atoms with Crippen LogP contribution in [0.1, 0.15) is 33.1 Å². The fraction of sp³-hybridized carbons (Fsp3) is 1.00. The van der Waals surface area contributed by atoms with Crippen molar-refractivity contribution in [3.63, 3.8) is 0 Å². The van der Waals surface area contributed by atoms with Crippen molar-refractivity contribution >= 4 is 0 Å². The average molecular weight is 217 g/mol. The van der Waals surface area contributed by atoms with Crippen LogP contribution in [0.5, 0.6) is 0 Å². The Morgan fingerprint density at radius 1 is 1.13 bits per heavy atom. The van der Waals surface area contributed by atoms with E-state index in [0.717, 1.165) is 19.3 Å². The van der Waals surface area contributed by atoms with Crippen molar-refractivity contribution in [3.8, 4) is 0 Å². The molecule has 4 nitrogen and oxygen atoms in total. The van der Waals surface area contributed by atoms with E-state index in [4.69, 9.17) is 5.11 Å². The van der Waals surface area contributed by atoms with Crippen molar-refractivity contribution in [1.82, 2.24) is 5.32 Å². The first-order valence-corrected chi connectivity index (χ1v) is 5.79. The minimum absolute atomic E-state index is 0.0732. The Balaban J connectivity index is 2.31. The third-order valence-corrected chi connectivity index (χ3v) is 3.10. The molecule has 0 amide bonds. The monoisotopic (exact) mass is 217 g/mol. The molecule has 0 radical (unpaired) electrons. The Morgan fingerprint density at radius 2 is 1.73 bits per heavy atom. The molecule has 4 atom stereocenters. The van der Waals surface area contributed by atoms with E-state index in [1.807, 2.05) is 0 Å². The van der Waals surface area contributed by atoms with Crippen LogP contribution >= 0.6 is 0 Å². The van der Waals surface area contributed by atoms with E-state index in [9.17, 15) is 10.2 Å². The van der Waals surface area contributed by atoms with E-state index in [1.54, 1.807) is 0 Å². The van der Waals surface area contributed by atoms with Crippen molar-refractivity contribution in [3.05, 3.63) is 0 Å². The van der Waals surface area contributed by atoms with Crippen LogP contribution < -0.4 is 5.32 Å². The van der Waals surface area contributed by atoms with Gasteiger partial charge in [0.25, 0.3) is 0 Å². The third-order valence-electron chi connectivity index (χ3n) is 3.10. The molecule has 1 heterocycles. The molecule has 90 valence electrons. The molecule has 0 aromatic carbocycles. The Kier molecular flexibility index (Phi) is 4.99. The van der Waals surface area contributed by atoms with Gasteiger partial charge in [0, 0.05) is 6.04 Å². The minimum Gasteiger partial charge on any atom is -0.395 e. The normalized spacial score (nSPS) is 36.4. The number of nitrogens with one attached hydrogen (secondary N) is 1. The van der Waals surface area contributed by atoms with Gasteiger partial charge in [-0.2, -0.15) is 0 Å². The highest BCUT2D eigenvalue weighted by Crippen LogP contribution is 2.19. The molecular weight excluding hydrogens is 194 g/mol. The molecule has 0 unspecified atom stereocenters. The molecule has 0 aliphatic carbocycles. The van der Waals surface area contributed by atoms with Crippen molar-refractivity contribution < 1.29 is 15.3 Å². The lowest BCUT2D eigenvalue weighted by atomic mass is 10.00. The molecule has 0 spiro atoms. The van der Waals surface area contributed by atoms with E-state index < -0.39 is 12.2 Å². The molecule has 1 fully saturated rings. The summed E-state index contributed by atoms with van der Waals surface area (Å²) in [5.74, 6) is 0.669. The van der Waals surface area contributed by atoms with Gasteiger partial charge in [-0.15, -0.1) is 0 Å². The molecule has 4 N–H and O–H groups in total.